The van der Waals surface area contributed by atoms with Crippen molar-refractivity contribution in [2.75, 3.05) is 7.11 Å². The molecule has 3 rings (SSSR count). The summed E-state index contributed by atoms with van der Waals surface area (Å²) in [6.45, 7) is 0. The smallest absolute Gasteiger partial charge is 0.338 e. The van der Waals surface area contributed by atoms with Gasteiger partial charge in [-0.25, -0.2) is 4.79 Å². The first-order valence-electron chi connectivity index (χ1n) is 6.63. The molecule has 3 aromatic rings. The lowest BCUT2D eigenvalue weighted by Crippen LogP contribution is -2.00. The monoisotopic (exact) mass is 295 g/mol. The van der Waals surface area contributed by atoms with E-state index in [0.29, 0.717) is 22.4 Å². The summed E-state index contributed by atoms with van der Waals surface area (Å²) in [7, 11) is 1.58. The summed E-state index contributed by atoms with van der Waals surface area (Å²) in [6.07, 6.45) is 1.56. The van der Waals surface area contributed by atoms with Crippen molar-refractivity contribution in [2.24, 2.45) is 0 Å². The van der Waals surface area contributed by atoms with Crippen molar-refractivity contribution in [1.82, 2.24) is 5.16 Å². The van der Waals surface area contributed by atoms with Gasteiger partial charge in [-0.2, -0.15) is 0 Å². The molecular formula is C17H13NO4. The standard InChI is InChI=1S/C17H13NO4/c1-21-12-8-6-11(7-9-12)10-14(17(19)20)16-13-4-2-3-5-15(13)22-18-16/h2-10H,1H3,(H,19,20)/b14-10+. The molecule has 0 amide bonds. The van der Waals surface area contributed by atoms with E-state index in [2.05, 4.69) is 5.16 Å². The van der Waals surface area contributed by atoms with Crippen LogP contribution in [0.15, 0.2) is 53.1 Å². The molecule has 0 radical (unpaired) electrons. The highest BCUT2D eigenvalue weighted by atomic mass is 16.5. The average Bonchev–Trinajstić information content (AvgIpc) is 2.96. The summed E-state index contributed by atoms with van der Waals surface area (Å²) in [4.78, 5) is 11.6. The van der Waals surface area contributed by atoms with E-state index < -0.39 is 5.97 Å². The Morgan fingerprint density at radius 3 is 2.59 bits per heavy atom. The van der Waals surface area contributed by atoms with Gasteiger partial charge in [-0.1, -0.05) is 29.4 Å². The number of hydrogen-bond donors (Lipinski definition) is 1. The predicted molar refractivity (Wildman–Crippen MR) is 82.5 cm³/mol. The van der Waals surface area contributed by atoms with Crippen LogP contribution < -0.4 is 4.74 Å². The quantitative estimate of drug-likeness (QED) is 0.746. The number of aliphatic carboxylic acids is 1. The molecule has 0 atom stereocenters. The number of carbonyl (C=O) groups is 1. The molecule has 0 aliphatic carbocycles. The van der Waals surface area contributed by atoms with Crippen LogP contribution in [0.2, 0.25) is 0 Å². The zero-order valence-electron chi connectivity index (χ0n) is 11.8. The Kier molecular flexibility index (Phi) is 3.62. The maximum Gasteiger partial charge on any atom is 0.338 e. The molecule has 0 bridgehead atoms. The Balaban J connectivity index is 2.09. The number of para-hydroxylation sites is 1. The topological polar surface area (TPSA) is 72.6 Å². The summed E-state index contributed by atoms with van der Waals surface area (Å²) in [6, 6.07) is 14.3. The fourth-order valence-corrected chi connectivity index (χ4v) is 2.18. The van der Waals surface area contributed by atoms with Crippen molar-refractivity contribution in [3.63, 3.8) is 0 Å². The maximum atomic E-state index is 11.6. The summed E-state index contributed by atoms with van der Waals surface area (Å²) in [5, 5.41) is 14.1. The van der Waals surface area contributed by atoms with Crippen molar-refractivity contribution in [3.05, 3.63) is 59.8 Å². The maximum absolute atomic E-state index is 11.6. The highest BCUT2D eigenvalue weighted by molar-refractivity contribution is 6.22. The van der Waals surface area contributed by atoms with E-state index in [1.54, 1.807) is 49.6 Å². The van der Waals surface area contributed by atoms with Gasteiger partial charge >= 0.3 is 5.97 Å². The zero-order chi connectivity index (χ0) is 15.5. The Labute approximate surface area is 126 Å². The van der Waals surface area contributed by atoms with Gasteiger partial charge in [-0.15, -0.1) is 0 Å². The van der Waals surface area contributed by atoms with E-state index in [0.717, 1.165) is 5.56 Å². The molecule has 0 spiro atoms. The fraction of sp³-hybridized carbons (Fsp3) is 0.0588. The number of carboxylic acid groups (broad SMARTS) is 1. The number of ether oxygens (including phenoxy) is 1. The Morgan fingerprint density at radius 1 is 1.18 bits per heavy atom. The molecule has 1 N–H and O–H groups in total. The first-order valence-corrected chi connectivity index (χ1v) is 6.63. The van der Waals surface area contributed by atoms with Gasteiger partial charge in [0.1, 0.15) is 11.4 Å². The van der Waals surface area contributed by atoms with Crippen molar-refractivity contribution < 1.29 is 19.2 Å². The van der Waals surface area contributed by atoms with Crippen molar-refractivity contribution in [1.29, 1.82) is 0 Å². The van der Waals surface area contributed by atoms with E-state index in [-0.39, 0.29) is 5.57 Å². The molecular weight excluding hydrogens is 282 g/mol. The third kappa shape index (κ3) is 2.56. The van der Waals surface area contributed by atoms with Gasteiger partial charge < -0.3 is 14.4 Å². The van der Waals surface area contributed by atoms with E-state index in [1.165, 1.54) is 0 Å². The van der Waals surface area contributed by atoms with Gasteiger partial charge in [0.25, 0.3) is 0 Å². The highest BCUT2D eigenvalue weighted by Crippen LogP contribution is 2.26. The molecule has 1 heterocycles. The van der Waals surface area contributed by atoms with E-state index in [9.17, 15) is 9.90 Å². The summed E-state index contributed by atoms with van der Waals surface area (Å²) in [5.41, 5.74) is 1.69. The molecule has 0 saturated carbocycles. The number of fused-ring (bicyclic) bond motifs is 1. The number of methoxy groups -OCH3 is 1. The van der Waals surface area contributed by atoms with Gasteiger partial charge in [0, 0.05) is 5.39 Å². The lowest BCUT2D eigenvalue weighted by atomic mass is 10.0. The second-order valence-electron chi connectivity index (χ2n) is 4.66. The molecule has 0 saturated heterocycles. The molecule has 0 unspecified atom stereocenters. The molecule has 0 aliphatic rings. The van der Waals surface area contributed by atoms with E-state index >= 15 is 0 Å². The van der Waals surface area contributed by atoms with E-state index in [1.807, 2.05) is 12.1 Å². The zero-order valence-corrected chi connectivity index (χ0v) is 11.8. The molecule has 0 fully saturated rings. The van der Waals surface area contributed by atoms with Crippen LogP contribution in [-0.2, 0) is 4.79 Å². The third-order valence-corrected chi connectivity index (χ3v) is 3.29. The van der Waals surface area contributed by atoms with Crippen LogP contribution in [0.25, 0.3) is 22.6 Å². The number of benzene rings is 2. The normalized spacial score (nSPS) is 11.6. The van der Waals surface area contributed by atoms with Crippen LogP contribution in [0.3, 0.4) is 0 Å². The Morgan fingerprint density at radius 2 is 1.91 bits per heavy atom. The largest absolute Gasteiger partial charge is 0.497 e. The predicted octanol–water partition coefficient (Wildman–Crippen LogP) is 3.46. The molecule has 110 valence electrons. The van der Waals surface area contributed by atoms with Crippen molar-refractivity contribution in [3.8, 4) is 5.75 Å². The van der Waals surface area contributed by atoms with Crippen LogP contribution in [0.5, 0.6) is 5.75 Å². The van der Waals surface area contributed by atoms with Crippen molar-refractivity contribution >= 4 is 28.6 Å². The average molecular weight is 295 g/mol. The van der Waals surface area contributed by atoms with Gasteiger partial charge in [0.15, 0.2) is 5.58 Å². The summed E-state index contributed by atoms with van der Waals surface area (Å²) >= 11 is 0. The van der Waals surface area contributed by atoms with Crippen LogP contribution in [0.1, 0.15) is 11.3 Å². The second kappa shape index (κ2) is 5.73. The first kappa shape index (κ1) is 13.9. The number of rotatable bonds is 4. The number of carboxylic acids is 1. The summed E-state index contributed by atoms with van der Waals surface area (Å²) < 4.78 is 10.3. The van der Waals surface area contributed by atoms with Gasteiger partial charge in [0.05, 0.1) is 12.7 Å². The Bertz CT molecular complexity index is 846. The minimum Gasteiger partial charge on any atom is -0.497 e. The molecule has 5 nitrogen and oxygen atoms in total. The number of nitrogens with zero attached hydrogens (tertiary/aromatic N) is 1. The van der Waals surface area contributed by atoms with Gasteiger partial charge in [0.2, 0.25) is 0 Å². The van der Waals surface area contributed by atoms with Crippen molar-refractivity contribution in [2.45, 2.75) is 0 Å². The summed E-state index contributed by atoms with van der Waals surface area (Å²) in [5.74, 6) is -0.351. The number of aromatic nitrogens is 1. The lowest BCUT2D eigenvalue weighted by Gasteiger charge is -2.02. The SMILES string of the molecule is COc1ccc(/C=C(/C(=O)O)c2noc3ccccc23)cc1. The van der Waals surface area contributed by atoms with Gasteiger partial charge in [-0.3, -0.25) is 0 Å². The Hall–Kier alpha value is -3.08. The highest BCUT2D eigenvalue weighted by Gasteiger charge is 2.18. The molecule has 2 aromatic carbocycles. The molecule has 0 aliphatic heterocycles. The fourth-order valence-electron chi connectivity index (χ4n) is 2.18. The third-order valence-electron chi connectivity index (χ3n) is 3.29. The molecule has 5 heteroatoms. The van der Waals surface area contributed by atoms with Crippen LogP contribution in [0, 0.1) is 0 Å². The lowest BCUT2D eigenvalue weighted by molar-refractivity contribution is -0.130. The molecule has 22 heavy (non-hydrogen) atoms. The van der Waals surface area contributed by atoms with Crippen LogP contribution in [-0.4, -0.2) is 23.3 Å². The van der Waals surface area contributed by atoms with Crippen LogP contribution in [0.4, 0.5) is 0 Å². The molecule has 1 aromatic heterocycles. The number of hydrogen-bond acceptors (Lipinski definition) is 4. The second-order valence-corrected chi connectivity index (χ2v) is 4.66. The van der Waals surface area contributed by atoms with Gasteiger partial charge in [-0.05, 0) is 35.9 Å². The van der Waals surface area contributed by atoms with E-state index in [4.69, 9.17) is 9.26 Å². The minimum absolute atomic E-state index is 0.0788. The minimum atomic E-state index is -1.06. The van der Waals surface area contributed by atoms with Crippen LogP contribution >= 0.6 is 0 Å². The first-order chi connectivity index (χ1) is 10.7.